The Morgan fingerprint density at radius 2 is 1.60 bits per heavy atom. The van der Waals surface area contributed by atoms with Crippen molar-refractivity contribution in [3.8, 4) is 0 Å². The fraction of sp³-hybridized carbons (Fsp3) is 0.188. The van der Waals surface area contributed by atoms with Gasteiger partial charge in [-0.2, -0.15) is 0 Å². The highest BCUT2D eigenvalue weighted by Gasteiger charge is 2.20. The van der Waals surface area contributed by atoms with Crippen LogP contribution in [0.4, 0.5) is 0 Å². The molecule has 20 heavy (non-hydrogen) atoms. The van der Waals surface area contributed by atoms with Crippen LogP contribution in [0.1, 0.15) is 17.2 Å². The number of methoxy groups -OCH3 is 1. The first-order valence-corrected chi connectivity index (χ1v) is 6.21. The molecule has 3 nitrogen and oxygen atoms in total. The predicted molar refractivity (Wildman–Crippen MR) is 81.7 cm³/mol. The second-order valence-electron chi connectivity index (χ2n) is 4.23. The smallest absolute Gasteiger partial charge is 0.327 e. The number of hydrogen-bond donors (Lipinski definition) is 1. The highest BCUT2D eigenvalue weighted by Crippen LogP contribution is 2.15. The van der Waals surface area contributed by atoms with Crippen LogP contribution in [-0.2, 0) is 16.1 Å². The molecule has 0 aliphatic rings. The maximum absolute atomic E-state index is 11.8. The van der Waals surface area contributed by atoms with Gasteiger partial charge in [0.05, 0.1) is 7.11 Å². The van der Waals surface area contributed by atoms with E-state index in [1.54, 1.807) is 0 Å². The number of carbonyl (C=O) groups is 1. The molecule has 0 heterocycles. The Morgan fingerprint density at radius 3 is 2.15 bits per heavy atom. The molecule has 0 saturated carbocycles. The third-order valence-electron chi connectivity index (χ3n) is 2.92. The van der Waals surface area contributed by atoms with E-state index >= 15 is 0 Å². The maximum atomic E-state index is 11.8. The quantitative estimate of drug-likeness (QED) is 0.860. The molecule has 2 rings (SSSR count). The van der Waals surface area contributed by atoms with Gasteiger partial charge in [-0.05, 0) is 11.1 Å². The van der Waals surface area contributed by atoms with E-state index in [1.165, 1.54) is 7.11 Å². The molecule has 0 aliphatic heterocycles. The van der Waals surface area contributed by atoms with Crippen LogP contribution in [0.25, 0.3) is 0 Å². The maximum Gasteiger partial charge on any atom is 0.327 e. The molecular formula is C16H18ClNO2. The monoisotopic (exact) mass is 291 g/mol. The highest BCUT2D eigenvalue weighted by atomic mass is 35.5. The fourth-order valence-electron chi connectivity index (χ4n) is 1.92. The number of rotatable bonds is 5. The van der Waals surface area contributed by atoms with Gasteiger partial charge in [0.2, 0.25) is 0 Å². The van der Waals surface area contributed by atoms with Gasteiger partial charge in [0.15, 0.2) is 0 Å². The third-order valence-corrected chi connectivity index (χ3v) is 2.92. The summed E-state index contributed by atoms with van der Waals surface area (Å²) in [5, 5.41) is 3.23. The Kier molecular flexibility index (Phi) is 6.77. The number of esters is 1. The van der Waals surface area contributed by atoms with Crippen molar-refractivity contribution in [2.45, 2.75) is 12.6 Å². The van der Waals surface area contributed by atoms with Gasteiger partial charge in [-0.15, -0.1) is 12.4 Å². The van der Waals surface area contributed by atoms with Gasteiger partial charge in [0, 0.05) is 6.54 Å². The average Bonchev–Trinajstić information content (AvgIpc) is 2.49. The SMILES string of the molecule is COC(=O)[C@H](NCc1ccccc1)c1ccccc1.Cl. The second-order valence-corrected chi connectivity index (χ2v) is 4.23. The summed E-state index contributed by atoms with van der Waals surface area (Å²) in [7, 11) is 1.41. The van der Waals surface area contributed by atoms with E-state index in [1.807, 2.05) is 60.7 Å². The zero-order valence-electron chi connectivity index (χ0n) is 11.3. The standard InChI is InChI=1S/C16H17NO2.ClH/c1-19-16(18)15(14-10-6-3-7-11-14)17-12-13-8-4-2-5-9-13;/h2-11,15,17H,12H2,1H3;1H/t15-;/m1./s1. The van der Waals surface area contributed by atoms with Crippen LogP contribution in [0.3, 0.4) is 0 Å². The fourth-order valence-corrected chi connectivity index (χ4v) is 1.92. The van der Waals surface area contributed by atoms with Gasteiger partial charge in [-0.3, -0.25) is 5.32 Å². The van der Waals surface area contributed by atoms with Gasteiger partial charge >= 0.3 is 5.97 Å². The molecule has 1 N–H and O–H groups in total. The summed E-state index contributed by atoms with van der Waals surface area (Å²) >= 11 is 0. The Balaban J connectivity index is 0.00000200. The van der Waals surface area contributed by atoms with Crippen molar-refractivity contribution in [1.29, 1.82) is 0 Å². The van der Waals surface area contributed by atoms with Crippen molar-refractivity contribution < 1.29 is 9.53 Å². The number of nitrogens with one attached hydrogen (secondary N) is 1. The molecule has 1 atom stereocenters. The van der Waals surface area contributed by atoms with Crippen LogP contribution in [0.15, 0.2) is 60.7 Å². The van der Waals surface area contributed by atoms with E-state index in [4.69, 9.17) is 4.74 Å². The molecule has 0 aromatic heterocycles. The van der Waals surface area contributed by atoms with Crippen molar-refractivity contribution in [1.82, 2.24) is 5.32 Å². The molecule has 4 heteroatoms. The van der Waals surface area contributed by atoms with E-state index in [2.05, 4.69) is 5.32 Å². The summed E-state index contributed by atoms with van der Waals surface area (Å²) < 4.78 is 4.85. The van der Waals surface area contributed by atoms with E-state index in [0.29, 0.717) is 6.54 Å². The summed E-state index contributed by atoms with van der Waals surface area (Å²) in [6, 6.07) is 19.1. The molecule has 0 radical (unpaired) electrons. The van der Waals surface area contributed by atoms with E-state index in [-0.39, 0.29) is 18.4 Å². The number of ether oxygens (including phenoxy) is 1. The van der Waals surface area contributed by atoms with Gasteiger partial charge in [-0.25, -0.2) is 4.79 Å². The first-order chi connectivity index (χ1) is 9.31. The van der Waals surface area contributed by atoms with Crippen LogP contribution in [-0.4, -0.2) is 13.1 Å². The summed E-state index contributed by atoms with van der Waals surface area (Å²) in [6.45, 7) is 0.621. The van der Waals surface area contributed by atoms with Crippen molar-refractivity contribution in [3.63, 3.8) is 0 Å². The minimum Gasteiger partial charge on any atom is -0.468 e. The summed E-state index contributed by atoms with van der Waals surface area (Å²) in [6.07, 6.45) is 0. The molecule has 0 spiro atoms. The van der Waals surface area contributed by atoms with Gasteiger partial charge in [-0.1, -0.05) is 60.7 Å². The summed E-state index contributed by atoms with van der Waals surface area (Å²) in [5.41, 5.74) is 2.04. The topological polar surface area (TPSA) is 38.3 Å². The third kappa shape index (κ3) is 4.37. The second kappa shape index (κ2) is 8.35. The lowest BCUT2D eigenvalue weighted by Gasteiger charge is -2.16. The van der Waals surface area contributed by atoms with Crippen molar-refractivity contribution in [2.24, 2.45) is 0 Å². The first kappa shape index (κ1) is 16.2. The normalized spacial score (nSPS) is 11.2. The number of carbonyl (C=O) groups excluding carboxylic acids is 1. The molecule has 0 unspecified atom stereocenters. The van der Waals surface area contributed by atoms with Crippen molar-refractivity contribution in [2.75, 3.05) is 7.11 Å². The minimum absolute atomic E-state index is 0. The molecule has 0 amide bonds. The largest absolute Gasteiger partial charge is 0.468 e. The number of benzene rings is 2. The molecule has 0 fully saturated rings. The number of hydrogen-bond acceptors (Lipinski definition) is 3. The summed E-state index contributed by atoms with van der Waals surface area (Å²) in [5.74, 6) is -0.276. The van der Waals surface area contributed by atoms with E-state index < -0.39 is 6.04 Å². The predicted octanol–water partition coefficient (Wildman–Crippen LogP) is 3.11. The van der Waals surface area contributed by atoms with E-state index in [9.17, 15) is 4.79 Å². The first-order valence-electron chi connectivity index (χ1n) is 6.21. The minimum atomic E-state index is -0.439. The Hall–Kier alpha value is -1.84. The van der Waals surface area contributed by atoms with Crippen LogP contribution in [0, 0.1) is 0 Å². The summed E-state index contributed by atoms with van der Waals surface area (Å²) in [4.78, 5) is 11.8. The zero-order chi connectivity index (χ0) is 13.5. The van der Waals surface area contributed by atoms with Crippen molar-refractivity contribution >= 4 is 18.4 Å². The Morgan fingerprint density at radius 1 is 1.05 bits per heavy atom. The van der Waals surface area contributed by atoms with Gasteiger partial charge in [0.1, 0.15) is 6.04 Å². The Labute approximate surface area is 125 Å². The lowest BCUT2D eigenvalue weighted by Crippen LogP contribution is -2.29. The van der Waals surface area contributed by atoms with Crippen LogP contribution >= 0.6 is 12.4 Å². The molecular weight excluding hydrogens is 274 g/mol. The molecule has 0 saturated heterocycles. The average molecular weight is 292 g/mol. The molecule has 2 aromatic rings. The van der Waals surface area contributed by atoms with Crippen molar-refractivity contribution in [3.05, 3.63) is 71.8 Å². The molecule has 0 bridgehead atoms. The lowest BCUT2D eigenvalue weighted by molar-refractivity contribution is -0.143. The molecule has 2 aromatic carbocycles. The van der Waals surface area contributed by atoms with Crippen LogP contribution in [0.5, 0.6) is 0 Å². The Bertz CT molecular complexity index is 517. The molecule has 0 aliphatic carbocycles. The zero-order valence-corrected chi connectivity index (χ0v) is 12.1. The van der Waals surface area contributed by atoms with Gasteiger partial charge in [0.25, 0.3) is 0 Å². The van der Waals surface area contributed by atoms with E-state index in [0.717, 1.165) is 11.1 Å². The molecule has 106 valence electrons. The number of halogens is 1. The highest BCUT2D eigenvalue weighted by molar-refractivity contribution is 5.85. The van der Waals surface area contributed by atoms with Gasteiger partial charge < -0.3 is 4.74 Å². The van der Waals surface area contributed by atoms with Crippen LogP contribution < -0.4 is 5.32 Å². The van der Waals surface area contributed by atoms with Crippen LogP contribution in [0.2, 0.25) is 0 Å². The lowest BCUT2D eigenvalue weighted by atomic mass is 10.1.